The highest BCUT2D eigenvalue weighted by Gasteiger charge is 2.23. The average Bonchev–Trinajstić information content (AvgIpc) is 2.69. The van der Waals surface area contributed by atoms with E-state index in [9.17, 15) is 4.79 Å². The Labute approximate surface area is 183 Å². The molecule has 1 aliphatic rings. The van der Waals surface area contributed by atoms with E-state index in [0.717, 1.165) is 51.4 Å². The second-order valence-corrected chi connectivity index (χ2v) is 8.76. The first-order valence-corrected chi connectivity index (χ1v) is 10.9. The average molecular weight is 506 g/mol. The number of nitrogens with zero attached hydrogens (tertiary/aromatic N) is 1. The number of anilines is 1. The number of fused-ring (bicyclic) bond motifs is 1. The lowest BCUT2D eigenvalue weighted by Gasteiger charge is -2.30. The van der Waals surface area contributed by atoms with Crippen LogP contribution < -0.4 is 10.6 Å². The first kappa shape index (κ1) is 19.5. The third-order valence-electron chi connectivity index (χ3n) is 5.25. The van der Waals surface area contributed by atoms with E-state index >= 15 is 0 Å². The van der Waals surface area contributed by atoms with Gasteiger partial charge in [-0.3, -0.25) is 9.78 Å². The van der Waals surface area contributed by atoms with E-state index in [1.165, 1.54) is 0 Å². The number of amides is 1. The van der Waals surface area contributed by atoms with Crippen LogP contribution in [0.25, 0.3) is 10.9 Å². The van der Waals surface area contributed by atoms with Crippen LogP contribution in [0, 0.1) is 3.57 Å². The summed E-state index contributed by atoms with van der Waals surface area (Å²) in [6.07, 6.45) is 5.81. The summed E-state index contributed by atoms with van der Waals surface area (Å²) < 4.78 is 0.984. The molecule has 0 spiro atoms. The second-order valence-electron chi connectivity index (χ2n) is 7.17. The lowest BCUT2D eigenvalue weighted by Crippen LogP contribution is -2.40. The van der Waals surface area contributed by atoms with E-state index in [1.54, 1.807) is 0 Å². The van der Waals surface area contributed by atoms with Gasteiger partial charge in [0, 0.05) is 37.9 Å². The van der Waals surface area contributed by atoms with Crippen LogP contribution in [0.1, 0.15) is 36.0 Å². The maximum Gasteiger partial charge on any atom is 0.252 e. The molecule has 2 aromatic carbocycles. The number of carbonyl (C=O) groups is 1. The molecule has 2 N–H and O–H groups in total. The monoisotopic (exact) mass is 505 g/mol. The molecule has 1 aromatic heterocycles. The lowest BCUT2D eigenvalue weighted by molar-refractivity contribution is 0.0925. The summed E-state index contributed by atoms with van der Waals surface area (Å²) >= 11 is 8.29. The first-order valence-electron chi connectivity index (χ1n) is 9.46. The molecule has 28 heavy (non-hydrogen) atoms. The quantitative estimate of drug-likeness (QED) is 0.451. The summed E-state index contributed by atoms with van der Waals surface area (Å²) in [5, 5.41) is 8.64. The van der Waals surface area contributed by atoms with Gasteiger partial charge in [0.25, 0.3) is 5.91 Å². The van der Waals surface area contributed by atoms with Crippen molar-refractivity contribution in [2.45, 2.75) is 37.8 Å². The third-order valence-corrected chi connectivity index (χ3v) is 6.42. The summed E-state index contributed by atoms with van der Waals surface area (Å²) in [5.74, 6) is 0.0263. The molecule has 0 unspecified atom stereocenters. The molecule has 0 radical (unpaired) electrons. The van der Waals surface area contributed by atoms with E-state index < -0.39 is 0 Å². The van der Waals surface area contributed by atoms with Crippen LogP contribution in [0.4, 0.5) is 5.69 Å². The zero-order valence-electron chi connectivity index (χ0n) is 15.3. The lowest BCUT2D eigenvalue weighted by atomic mass is 9.90. The van der Waals surface area contributed by atoms with Gasteiger partial charge in [0.2, 0.25) is 0 Å². The van der Waals surface area contributed by atoms with Gasteiger partial charge >= 0.3 is 0 Å². The second kappa shape index (κ2) is 8.66. The zero-order valence-corrected chi connectivity index (χ0v) is 18.2. The number of carbonyl (C=O) groups excluding carboxylic acids is 1. The van der Waals surface area contributed by atoms with E-state index in [1.807, 2.05) is 54.7 Å². The topological polar surface area (TPSA) is 54.0 Å². The molecule has 4 rings (SSSR count). The van der Waals surface area contributed by atoms with Gasteiger partial charge in [0.1, 0.15) is 0 Å². The van der Waals surface area contributed by atoms with Crippen molar-refractivity contribution in [2.24, 2.45) is 0 Å². The fourth-order valence-electron chi connectivity index (χ4n) is 3.76. The van der Waals surface area contributed by atoms with Gasteiger partial charge in [-0.1, -0.05) is 23.7 Å². The Bertz CT molecular complexity index is 1000. The maximum atomic E-state index is 12.5. The molecule has 1 fully saturated rings. The highest BCUT2D eigenvalue weighted by atomic mass is 127. The Morgan fingerprint density at radius 1 is 1.04 bits per heavy atom. The van der Waals surface area contributed by atoms with Crippen molar-refractivity contribution in [2.75, 3.05) is 5.32 Å². The van der Waals surface area contributed by atoms with Gasteiger partial charge in [-0.05, 0) is 84.7 Å². The van der Waals surface area contributed by atoms with E-state index in [2.05, 4.69) is 38.2 Å². The molecule has 144 valence electrons. The normalized spacial score (nSPS) is 19.4. The smallest absolute Gasteiger partial charge is 0.252 e. The third kappa shape index (κ3) is 4.41. The van der Waals surface area contributed by atoms with Gasteiger partial charge < -0.3 is 10.6 Å². The predicted octanol–water partition coefficient (Wildman–Crippen LogP) is 5.65. The SMILES string of the molecule is O=C(N[C@H]1CC[C@@H](Nc2ccnc3cc(Cl)ccc23)CC1)c1ccccc1I. The van der Waals surface area contributed by atoms with Crippen molar-refractivity contribution in [3.05, 3.63) is 68.9 Å². The van der Waals surface area contributed by atoms with Crippen molar-refractivity contribution in [3.8, 4) is 0 Å². The molecule has 3 aromatic rings. The van der Waals surface area contributed by atoms with Crippen molar-refractivity contribution < 1.29 is 4.79 Å². The highest BCUT2D eigenvalue weighted by Crippen LogP contribution is 2.28. The van der Waals surface area contributed by atoms with E-state index in [4.69, 9.17) is 11.6 Å². The van der Waals surface area contributed by atoms with Crippen LogP contribution in [-0.4, -0.2) is 23.0 Å². The van der Waals surface area contributed by atoms with Gasteiger partial charge in [-0.15, -0.1) is 0 Å². The zero-order chi connectivity index (χ0) is 19.5. The molecule has 1 aliphatic carbocycles. The van der Waals surface area contributed by atoms with Crippen LogP contribution in [0.3, 0.4) is 0 Å². The standard InChI is InChI=1S/C22H21ClIN3O/c23-14-5-10-18-20(11-12-25-21(18)13-14)26-15-6-8-16(9-7-15)27-22(28)17-3-1-2-4-19(17)24/h1-5,10-13,15-16H,6-9H2,(H,25,26)(H,27,28)/t15-,16+. The number of hydrogen-bond acceptors (Lipinski definition) is 3. The largest absolute Gasteiger partial charge is 0.382 e. The number of halogens is 2. The molecule has 0 bridgehead atoms. The van der Waals surface area contributed by atoms with Crippen molar-refractivity contribution in [1.29, 1.82) is 0 Å². The molecular formula is C22H21ClIN3O. The Hall–Kier alpha value is -1.86. The fraction of sp³-hybridized carbons (Fsp3) is 0.273. The fourth-order valence-corrected chi connectivity index (χ4v) is 4.56. The Morgan fingerprint density at radius 2 is 1.79 bits per heavy atom. The highest BCUT2D eigenvalue weighted by molar-refractivity contribution is 14.1. The van der Waals surface area contributed by atoms with Gasteiger partial charge in [-0.2, -0.15) is 0 Å². The molecule has 4 nitrogen and oxygen atoms in total. The molecular weight excluding hydrogens is 485 g/mol. The predicted molar refractivity (Wildman–Crippen MR) is 123 cm³/mol. The number of rotatable bonds is 4. The molecule has 1 amide bonds. The molecule has 1 heterocycles. The number of pyridine rings is 1. The van der Waals surface area contributed by atoms with Crippen LogP contribution in [-0.2, 0) is 0 Å². The van der Waals surface area contributed by atoms with Crippen LogP contribution >= 0.6 is 34.2 Å². The van der Waals surface area contributed by atoms with Crippen LogP contribution in [0.15, 0.2) is 54.7 Å². The Morgan fingerprint density at radius 3 is 2.57 bits per heavy atom. The van der Waals surface area contributed by atoms with E-state index in [0.29, 0.717) is 11.1 Å². The van der Waals surface area contributed by atoms with Crippen molar-refractivity contribution >= 4 is 56.7 Å². The minimum absolute atomic E-state index is 0.0263. The number of hydrogen-bond donors (Lipinski definition) is 2. The van der Waals surface area contributed by atoms with Gasteiger partial charge in [0.05, 0.1) is 11.1 Å². The maximum absolute atomic E-state index is 12.5. The summed E-state index contributed by atoms with van der Waals surface area (Å²) in [7, 11) is 0. The Balaban J connectivity index is 1.36. The van der Waals surface area contributed by atoms with Gasteiger partial charge in [0.15, 0.2) is 0 Å². The molecule has 0 saturated heterocycles. The minimum atomic E-state index is 0.0263. The van der Waals surface area contributed by atoms with Crippen molar-refractivity contribution in [3.63, 3.8) is 0 Å². The number of aromatic nitrogens is 1. The molecule has 0 atom stereocenters. The summed E-state index contributed by atoms with van der Waals surface area (Å²) in [4.78, 5) is 16.9. The number of nitrogens with one attached hydrogen (secondary N) is 2. The Kier molecular flexibility index (Phi) is 6.01. The molecule has 6 heteroatoms. The minimum Gasteiger partial charge on any atom is -0.382 e. The van der Waals surface area contributed by atoms with Crippen LogP contribution in [0.2, 0.25) is 5.02 Å². The molecule has 1 saturated carbocycles. The van der Waals surface area contributed by atoms with Gasteiger partial charge in [-0.25, -0.2) is 0 Å². The molecule has 0 aliphatic heterocycles. The summed E-state index contributed by atoms with van der Waals surface area (Å²) in [6.45, 7) is 0. The first-order chi connectivity index (χ1) is 13.6. The van der Waals surface area contributed by atoms with Crippen molar-refractivity contribution in [1.82, 2.24) is 10.3 Å². The summed E-state index contributed by atoms with van der Waals surface area (Å²) in [5.41, 5.74) is 2.74. The summed E-state index contributed by atoms with van der Waals surface area (Å²) in [6, 6.07) is 16.1. The number of benzene rings is 2. The van der Waals surface area contributed by atoms with E-state index in [-0.39, 0.29) is 11.9 Å². The van der Waals surface area contributed by atoms with Crippen LogP contribution in [0.5, 0.6) is 0 Å².